The summed E-state index contributed by atoms with van der Waals surface area (Å²) in [7, 11) is 1.84. The van der Waals surface area contributed by atoms with Gasteiger partial charge in [0.25, 0.3) is 0 Å². The number of rotatable bonds is 7. The van der Waals surface area contributed by atoms with Gasteiger partial charge in [-0.15, -0.1) is 0 Å². The van der Waals surface area contributed by atoms with Gasteiger partial charge in [-0.3, -0.25) is 0 Å². The van der Waals surface area contributed by atoms with Crippen molar-refractivity contribution >= 4 is 6.09 Å². The van der Waals surface area contributed by atoms with E-state index in [1.807, 2.05) is 65.1 Å². The first-order chi connectivity index (χ1) is 16.2. The van der Waals surface area contributed by atoms with Crippen molar-refractivity contribution in [1.82, 2.24) is 10.2 Å². The molecule has 0 spiro atoms. The van der Waals surface area contributed by atoms with Crippen LogP contribution in [0.5, 0.6) is 5.75 Å². The van der Waals surface area contributed by atoms with Crippen LogP contribution in [0, 0.1) is 11.3 Å². The van der Waals surface area contributed by atoms with Gasteiger partial charge in [0.1, 0.15) is 11.4 Å². The van der Waals surface area contributed by atoms with Crippen LogP contribution in [0.4, 0.5) is 4.79 Å². The summed E-state index contributed by atoms with van der Waals surface area (Å²) in [5.41, 5.74) is 3.48. The Morgan fingerprint density at radius 2 is 1.74 bits per heavy atom. The van der Waals surface area contributed by atoms with Gasteiger partial charge in [-0.25, -0.2) is 4.79 Å². The third kappa shape index (κ3) is 6.98. The topological polar surface area (TPSA) is 74.6 Å². The maximum atomic E-state index is 12.4. The maximum Gasteiger partial charge on any atom is 0.410 e. The Kier molecular flexibility index (Phi) is 8.57. The van der Waals surface area contributed by atoms with E-state index in [1.54, 1.807) is 4.90 Å². The fourth-order valence-corrected chi connectivity index (χ4v) is 4.34. The highest BCUT2D eigenvalue weighted by Crippen LogP contribution is 2.29. The highest BCUT2D eigenvalue weighted by Gasteiger charge is 2.29. The predicted octanol–water partition coefficient (Wildman–Crippen LogP) is 5.89. The van der Waals surface area contributed by atoms with E-state index in [-0.39, 0.29) is 12.1 Å². The second-order valence-corrected chi connectivity index (χ2v) is 9.92. The molecule has 182 valence electrons. The van der Waals surface area contributed by atoms with E-state index in [2.05, 4.69) is 23.5 Å². The minimum atomic E-state index is -0.478. The Hall–Kier alpha value is -3.04. The van der Waals surface area contributed by atoms with E-state index in [4.69, 9.17) is 14.7 Å². The molecule has 1 aliphatic rings. The molecule has 0 unspecified atom stereocenters. The number of hydrogen-bond donors (Lipinski definition) is 1. The zero-order chi connectivity index (χ0) is 24.7. The first-order valence-corrected chi connectivity index (χ1v) is 12.2. The average Bonchev–Trinajstić information content (AvgIpc) is 2.82. The fraction of sp³-hybridized carbons (Fsp3) is 0.500. The minimum absolute atomic E-state index is 0.214. The number of nitrogens with zero attached hydrogens (tertiary/aromatic N) is 2. The zero-order valence-electron chi connectivity index (χ0n) is 21.1. The number of nitrogens with one attached hydrogen (secondary N) is 1. The van der Waals surface area contributed by atoms with Gasteiger partial charge in [0.2, 0.25) is 0 Å². The van der Waals surface area contributed by atoms with Crippen molar-refractivity contribution in [3.8, 4) is 22.9 Å². The molecule has 1 fully saturated rings. The lowest BCUT2D eigenvalue weighted by atomic mass is 9.90. The number of carbonyl (C=O) groups is 1. The summed E-state index contributed by atoms with van der Waals surface area (Å²) in [6.45, 7) is 9.02. The Labute approximate surface area is 203 Å². The van der Waals surface area contributed by atoms with Crippen molar-refractivity contribution in [3.63, 3.8) is 0 Å². The maximum absolute atomic E-state index is 12.4. The van der Waals surface area contributed by atoms with Gasteiger partial charge in [0, 0.05) is 31.2 Å². The smallest absolute Gasteiger partial charge is 0.410 e. The van der Waals surface area contributed by atoms with Crippen molar-refractivity contribution in [2.45, 2.75) is 77.6 Å². The second kappa shape index (κ2) is 11.4. The van der Waals surface area contributed by atoms with E-state index in [0.717, 1.165) is 54.7 Å². The molecule has 6 nitrogen and oxygen atoms in total. The quantitative estimate of drug-likeness (QED) is 0.554. The highest BCUT2D eigenvalue weighted by atomic mass is 16.6. The van der Waals surface area contributed by atoms with Crippen LogP contribution in [-0.4, -0.2) is 42.3 Å². The molecule has 0 radical (unpaired) electrons. The number of benzene rings is 2. The van der Waals surface area contributed by atoms with Gasteiger partial charge in [0.05, 0.1) is 18.2 Å². The summed E-state index contributed by atoms with van der Waals surface area (Å²) in [5, 5.41) is 12.8. The molecule has 2 aromatic rings. The lowest BCUT2D eigenvalue weighted by Crippen LogP contribution is -2.44. The van der Waals surface area contributed by atoms with Gasteiger partial charge >= 0.3 is 6.09 Å². The lowest BCUT2D eigenvalue weighted by molar-refractivity contribution is 0.0179. The van der Waals surface area contributed by atoms with Crippen molar-refractivity contribution < 1.29 is 14.3 Å². The number of amides is 1. The summed E-state index contributed by atoms with van der Waals surface area (Å²) in [4.78, 5) is 14.2. The number of ether oxygens (including phenoxy) is 2. The van der Waals surface area contributed by atoms with Gasteiger partial charge < -0.3 is 19.7 Å². The first-order valence-electron chi connectivity index (χ1n) is 12.2. The number of carbonyl (C=O) groups excluding carboxylic acids is 1. The van der Waals surface area contributed by atoms with Crippen molar-refractivity contribution in [2.24, 2.45) is 0 Å². The number of nitriles is 1. The monoisotopic (exact) mass is 463 g/mol. The molecule has 34 heavy (non-hydrogen) atoms. The van der Waals surface area contributed by atoms with E-state index < -0.39 is 5.60 Å². The average molecular weight is 464 g/mol. The largest absolute Gasteiger partial charge is 0.494 e. The Morgan fingerprint density at radius 1 is 1.09 bits per heavy atom. The summed E-state index contributed by atoms with van der Waals surface area (Å²) in [6, 6.07) is 16.7. The molecule has 0 aliphatic heterocycles. The first kappa shape index (κ1) is 25.6. The molecule has 1 saturated carbocycles. The standard InChI is InChI=1S/C28H37N3O3/c1-6-33-26-16-11-22(21-9-7-20(18-29)8-10-21)17-23(26)19-30-24-12-14-25(15-13-24)31(5)27(32)34-28(2,3)4/h7-11,16-17,24-25,30H,6,12-15,19H2,1-5H3/t24-,25-. The third-order valence-corrected chi connectivity index (χ3v) is 6.21. The number of hydrogen-bond acceptors (Lipinski definition) is 5. The van der Waals surface area contributed by atoms with Crippen molar-refractivity contribution in [2.75, 3.05) is 13.7 Å². The molecule has 0 atom stereocenters. The minimum Gasteiger partial charge on any atom is -0.494 e. The van der Waals surface area contributed by atoms with E-state index >= 15 is 0 Å². The lowest BCUT2D eigenvalue weighted by Gasteiger charge is -2.36. The third-order valence-electron chi connectivity index (χ3n) is 6.21. The SMILES string of the molecule is CCOc1ccc(-c2ccc(C#N)cc2)cc1CN[C@H]1CC[C@H](N(C)C(=O)OC(C)(C)C)CC1. The Bertz CT molecular complexity index is 997. The normalized spacial score (nSPS) is 18.1. The predicted molar refractivity (Wildman–Crippen MR) is 135 cm³/mol. The van der Waals surface area contributed by atoms with Crippen molar-refractivity contribution in [3.05, 3.63) is 53.6 Å². The molecular weight excluding hydrogens is 426 g/mol. The second-order valence-electron chi connectivity index (χ2n) is 9.92. The van der Waals surface area contributed by atoms with Crippen molar-refractivity contribution in [1.29, 1.82) is 5.26 Å². The molecule has 0 saturated heterocycles. The van der Waals surface area contributed by atoms with Crippen LogP contribution >= 0.6 is 0 Å². The molecule has 1 N–H and O–H groups in total. The zero-order valence-corrected chi connectivity index (χ0v) is 21.1. The van der Waals surface area contributed by atoms with E-state index in [9.17, 15) is 4.79 Å². The fourth-order valence-electron chi connectivity index (χ4n) is 4.34. The summed E-state index contributed by atoms with van der Waals surface area (Å²) >= 11 is 0. The highest BCUT2D eigenvalue weighted by molar-refractivity contribution is 5.68. The van der Waals surface area contributed by atoms with Crippen LogP contribution in [0.3, 0.4) is 0 Å². The van der Waals surface area contributed by atoms with Crippen LogP contribution in [-0.2, 0) is 11.3 Å². The molecule has 1 aliphatic carbocycles. The Balaban J connectivity index is 1.60. The van der Waals surface area contributed by atoms with Crippen LogP contribution < -0.4 is 10.1 Å². The van der Waals surface area contributed by atoms with Crippen LogP contribution in [0.15, 0.2) is 42.5 Å². The van der Waals surface area contributed by atoms with E-state index in [1.165, 1.54) is 0 Å². The molecule has 6 heteroatoms. The van der Waals surface area contributed by atoms with Crippen LogP contribution in [0.2, 0.25) is 0 Å². The van der Waals surface area contributed by atoms with Gasteiger partial charge in [-0.05, 0) is 88.8 Å². The molecule has 0 heterocycles. The summed E-state index contributed by atoms with van der Waals surface area (Å²) in [5.74, 6) is 0.894. The molecule has 0 bridgehead atoms. The molecule has 0 aromatic heterocycles. The molecular formula is C28H37N3O3. The van der Waals surface area contributed by atoms with Crippen LogP contribution in [0.1, 0.15) is 64.5 Å². The van der Waals surface area contributed by atoms with Gasteiger partial charge in [-0.2, -0.15) is 5.26 Å². The summed E-state index contributed by atoms with van der Waals surface area (Å²) < 4.78 is 11.4. The van der Waals surface area contributed by atoms with Crippen LogP contribution in [0.25, 0.3) is 11.1 Å². The Morgan fingerprint density at radius 3 is 2.32 bits per heavy atom. The molecule has 3 rings (SSSR count). The van der Waals surface area contributed by atoms with Gasteiger partial charge in [0.15, 0.2) is 0 Å². The van der Waals surface area contributed by atoms with E-state index in [0.29, 0.717) is 18.2 Å². The molecule has 2 aromatic carbocycles. The van der Waals surface area contributed by atoms with Gasteiger partial charge in [-0.1, -0.05) is 18.2 Å². The summed E-state index contributed by atoms with van der Waals surface area (Å²) in [6.07, 6.45) is 3.69. The molecule has 1 amide bonds.